The molecule has 1 saturated heterocycles. The lowest BCUT2D eigenvalue weighted by Crippen LogP contribution is -2.28. The molecule has 1 heterocycles. The molecule has 2 aromatic carbocycles. The summed E-state index contributed by atoms with van der Waals surface area (Å²) in [6.07, 6.45) is 0. The van der Waals surface area contributed by atoms with Crippen LogP contribution in [0.4, 0.5) is 14.5 Å². The Balaban J connectivity index is 2.05. The molecule has 120 valence electrons. The molecule has 0 spiro atoms. The molecule has 0 aromatic heterocycles. The van der Waals surface area contributed by atoms with Crippen LogP contribution >= 0.6 is 11.8 Å². The molecule has 0 saturated carbocycles. The van der Waals surface area contributed by atoms with Gasteiger partial charge in [0.1, 0.15) is 11.2 Å². The van der Waals surface area contributed by atoms with Crippen molar-refractivity contribution in [3.63, 3.8) is 0 Å². The Hall–Kier alpha value is -2.08. The van der Waals surface area contributed by atoms with E-state index in [1.165, 1.54) is 37.1 Å². The second kappa shape index (κ2) is 6.20. The average Bonchev–Trinajstić information content (AvgIpc) is 2.92. The smallest absolute Gasteiger partial charge is 0.238 e. The van der Waals surface area contributed by atoms with Crippen LogP contribution in [-0.4, -0.2) is 18.8 Å². The molecule has 23 heavy (non-hydrogen) atoms. The summed E-state index contributed by atoms with van der Waals surface area (Å²) in [5.74, 6) is -0.541. The largest absolute Gasteiger partial charge is 0.494 e. The van der Waals surface area contributed by atoms with E-state index >= 15 is 0 Å². The van der Waals surface area contributed by atoms with Crippen molar-refractivity contribution in [3.8, 4) is 5.75 Å². The molecular weight excluding hydrogens is 320 g/mol. The van der Waals surface area contributed by atoms with E-state index in [2.05, 4.69) is 0 Å². The second-order valence-corrected chi connectivity index (χ2v) is 6.32. The number of thioether (sulfide) groups is 1. The van der Waals surface area contributed by atoms with Crippen molar-refractivity contribution in [2.24, 2.45) is 0 Å². The number of halogens is 2. The standard InChI is InChI=1S/C17H15F2NO2S/c1-10-3-5-12(18)8-14(10)20-16(21)9-23-17(20)11-4-6-13(19)15(7-11)22-2/h3-8,17H,9H2,1-2H3. The molecule has 1 unspecified atom stereocenters. The van der Waals surface area contributed by atoms with Gasteiger partial charge < -0.3 is 4.74 Å². The van der Waals surface area contributed by atoms with E-state index in [0.717, 1.165) is 11.1 Å². The van der Waals surface area contributed by atoms with Crippen LogP contribution < -0.4 is 9.64 Å². The lowest BCUT2D eigenvalue weighted by molar-refractivity contribution is -0.115. The van der Waals surface area contributed by atoms with Gasteiger partial charge in [-0.3, -0.25) is 9.69 Å². The summed E-state index contributed by atoms with van der Waals surface area (Å²) in [5.41, 5.74) is 2.08. The Labute approximate surface area is 137 Å². The molecule has 6 heteroatoms. The molecule has 3 rings (SSSR count). The van der Waals surface area contributed by atoms with Crippen molar-refractivity contribution in [2.45, 2.75) is 12.3 Å². The van der Waals surface area contributed by atoms with E-state index in [0.29, 0.717) is 11.4 Å². The second-order valence-electron chi connectivity index (χ2n) is 5.25. The molecule has 0 radical (unpaired) electrons. The molecule has 1 aliphatic heterocycles. The van der Waals surface area contributed by atoms with Gasteiger partial charge in [-0.1, -0.05) is 12.1 Å². The fourth-order valence-corrected chi connectivity index (χ4v) is 3.76. The van der Waals surface area contributed by atoms with E-state index < -0.39 is 11.6 Å². The first-order valence-corrected chi connectivity index (χ1v) is 8.09. The highest BCUT2D eigenvalue weighted by Gasteiger charge is 2.35. The van der Waals surface area contributed by atoms with Crippen molar-refractivity contribution >= 4 is 23.4 Å². The van der Waals surface area contributed by atoms with Crippen LogP contribution in [0.3, 0.4) is 0 Å². The quantitative estimate of drug-likeness (QED) is 0.847. The number of hydrogen-bond donors (Lipinski definition) is 0. The monoisotopic (exact) mass is 335 g/mol. The van der Waals surface area contributed by atoms with Gasteiger partial charge in [0.15, 0.2) is 11.6 Å². The number of amides is 1. The van der Waals surface area contributed by atoms with Gasteiger partial charge in [-0.15, -0.1) is 11.8 Å². The van der Waals surface area contributed by atoms with Gasteiger partial charge in [0.2, 0.25) is 5.91 Å². The summed E-state index contributed by atoms with van der Waals surface area (Å²) >= 11 is 1.42. The third kappa shape index (κ3) is 2.91. The summed E-state index contributed by atoms with van der Waals surface area (Å²) < 4.78 is 32.2. The van der Waals surface area contributed by atoms with Crippen molar-refractivity contribution < 1.29 is 18.3 Å². The van der Waals surface area contributed by atoms with Crippen LogP contribution in [0.5, 0.6) is 5.75 Å². The van der Waals surface area contributed by atoms with Gasteiger partial charge in [-0.2, -0.15) is 0 Å². The number of ether oxygens (including phenoxy) is 1. The normalized spacial score (nSPS) is 17.7. The number of hydrogen-bond acceptors (Lipinski definition) is 3. The third-order valence-corrected chi connectivity index (χ3v) is 4.97. The fourth-order valence-electron chi connectivity index (χ4n) is 2.60. The van der Waals surface area contributed by atoms with Crippen molar-refractivity contribution in [2.75, 3.05) is 17.8 Å². The molecule has 0 N–H and O–H groups in total. The predicted octanol–water partition coefficient (Wildman–Crippen LogP) is 4.06. The lowest BCUT2D eigenvalue weighted by atomic mass is 10.1. The Morgan fingerprint density at radius 1 is 1.22 bits per heavy atom. The summed E-state index contributed by atoms with van der Waals surface area (Å²) in [6.45, 7) is 1.83. The molecule has 1 aliphatic rings. The maximum atomic E-state index is 13.6. The molecule has 1 amide bonds. The molecule has 2 aromatic rings. The van der Waals surface area contributed by atoms with E-state index in [1.807, 2.05) is 6.92 Å². The van der Waals surface area contributed by atoms with Gasteiger partial charge in [-0.05, 0) is 42.3 Å². The first-order chi connectivity index (χ1) is 11.0. The zero-order valence-corrected chi connectivity index (χ0v) is 13.5. The van der Waals surface area contributed by atoms with Gasteiger partial charge in [0, 0.05) is 0 Å². The maximum Gasteiger partial charge on any atom is 0.238 e. The number of rotatable bonds is 3. The van der Waals surface area contributed by atoms with E-state index in [-0.39, 0.29) is 17.0 Å². The Morgan fingerprint density at radius 2 is 2.00 bits per heavy atom. The minimum atomic E-state index is -0.459. The number of benzene rings is 2. The average molecular weight is 335 g/mol. The number of carbonyl (C=O) groups is 1. The highest BCUT2D eigenvalue weighted by Crippen LogP contribution is 2.43. The summed E-state index contributed by atoms with van der Waals surface area (Å²) in [5, 5.41) is -0.336. The fraction of sp³-hybridized carbons (Fsp3) is 0.235. The summed E-state index contributed by atoms with van der Waals surface area (Å²) in [6, 6.07) is 8.87. The lowest BCUT2D eigenvalue weighted by Gasteiger charge is -2.26. The van der Waals surface area contributed by atoms with Gasteiger partial charge in [-0.25, -0.2) is 8.78 Å². The van der Waals surface area contributed by atoms with Crippen molar-refractivity contribution in [1.82, 2.24) is 0 Å². The topological polar surface area (TPSA) is 29.5 Å². The van der Waals surface area contributed by atoms with Crippen LogP contribution in [0.1, 0.15) is 16.5 Å². The van der Waals surface area contributed by atoms with Gasteiger partial charge >= 0.3 is 0 Å². The van der Waals surface area contributed by atoms with E-state index in [1.54, 1.807) is 23.1 Å². The zero-order chi connectivity index (χ0) is 16.6. The van der Waals surface area contributed by atoms with Crippen molar-refractivity contribution in [3.05, 3.63) is 59.2 Å². The van der Waals surface area contributed by atoms with Gasteiger partial charge in [0.25, 0.3) is 0 Å². The Morgan fingerprint density at radius 3 is 2.74 bits per heavy atom. The number of nitrogens with zero attached hydrogens (tertiary/aromatic N) is 1. The highest BCUT2D eigenvalue weighted by molar-refractivity contribution is 8.00. The molecule has 0 bridgehead atoms. The number of methoxy groups -OCH3 is 1. The first-order valence-electron chi connectivity index (χ1n) is 7.04. The van der Waals surface area contributed by atoms with Gasteiger partial charge in [0.05, 0.1) is 18.6 Å². The summed E-state index contributed by atoms with van der Waals surface area (Å²) in [7, 11) is 1.39. The van der Waals surface area contributed by atoms with Crippen LogP contribution in [0.15, 0.2) is 36.4 Å². The third-order valence-electron chi connectivity index (χ3n) is 3.76. The minimum Gasteiger partial charge on any atom is -0.494 e. The molecule has 1 atom stereocenters. The maximum absolute atomic E-state index is 13.6. The van der Waals surface area contributed by atoms with Crippen LogP contribution in [0, 0.1) is 18.6 Å². The predicted molar refractivity (Wildman–Crippen MR) is 86.8 cm³/mol. The summed E-state index contributed by atoms with van der Waals surface area (Å²) in [4.78, 5) is 13.9. The minimum absolute atomic E-state index is 0.100. The Kier molecular flexibility index (Phi) is 4.26. The SMILES string of the molecule is COc1cc(C2SCC(=O)N2c2cc(F)ccc2C)ccc1F. The van der Waals surface area contributed by atoms with Crippen molar-refractivity contribution in [1.29, 1.82) is 0 Å². The molecule has 3 nitrogen and oxygen atoms in total. The van der Waals surface area contributed by atoms with Crippen LogP contribution in [0.2, 0.25) is 0 Å². The molecule has 0 aliphatic carbocycles. The Bertz CT molecular complexity index is 766. The molecule has 1 fully saturated rings. The number of carbonyl (C=O) groups excluding carboxylic acids is 1. The highest BCUT2D eigenvalue weighted by atomic mass is 32.2. The zero-order valence-electron chi connectivity index (χ0n) is 12.7. The van der Waals surface area contributed by atoms with Crippen LogP contribution in [0.25, 0.3) is 0 Å². The van der Waals surface area contributed by atoms with Crippen LogP contribution in [-0.2, 0) is 4.79 Å². The molecular formula is C17H15F2NO2S. The van der Waals surface area contributed by atoms with E-state index in [4.69, 9.17) is 4.74 Å². The first kappa shape index (κ1) is 15.8. The van der Waals surface area contributed by atoms with E-state index in [9.17, 15) is 13.6 Å². The number of aryl methyl sites for hydroxylation is 1. The number of anilines is 1.